The van der Waals surface area contributed by atoms with Crippen LogP contribution in [0.2, 0.25) is 0 Å². The fourth-order valence-electron chi connectivity index (χ4n) is 2.72. The zero-order valence-corrected chi connectivity index (χ0v) is 13.7. The number of nitrogens with zero attached hydrogens (tertiary/aromatic N) is 2. The van der Waals surface area contributed by atoms with Crippen LogP contribution >= 0.6 is 0 Å². The van der Waals surface area contributed by atoms with Gasteiger partial charge >= 0.3 is 6.01 Å². The highest BCUT2D eigenvalue weighted by atomic mass is 16.6. The van der Waals surface area contributed by atoms with Gasteiger partial charge in [-0.15, -0.1) is 0 Å². The number of hydrogen-bond donors (Lipinski definition) is 0. The molecule has 0 bridgehead atoms. The highest BCUT2D eigenvalue weighted by Crippen LogP contribution is 2.38. The number of benzene rings is 2. The Hall–Kier alpha value is -2.82. The van der Waals surface area contributed by atoms with E-state index in [1.165, 1.54) is 0 Å². The molecule has 0 saturated heterocycles. The Morgan fingerprint density at radius 1 is 0.958 bits per heavy atom. The number of hydrogen-bond acceptors (Lipinski definition) is 5. The SMILES string of the molecule is CC(C)Oc1nc(-c2ccccc2)c2cc3c(cc2n1)OCCO3. The molecule has 1 aliphatic rings. The van der Waals surface area contributed by atoms with Crippen molar-refractivity contribution in [1.82, 2.24) is 9.97 Å². The van der Waals surface area contributed by atoms with E-state index in [4.69, 9.17) is 14.2 Å². The Morgan fingerprint density at radius 2 is 1.67 bits per heavy atom. The highest BCUT2D eigenvalue weighted by molar-refractivity contribution is 5.94. The van der Waals surface area contributed by atoms with E-state index in [9.17, 15) is 0 Å². The van der Waals surface area contributed by atoms with E-state index in [1.807, 2.05) is 56.3 Å². The third-order valence-corrected chi connectivity index (χ3v) is 3.73. The molecule has 1 aromatic heterocycles. The molecule has 0 aliphatic carbocycles. The minimum Gasteiger partial charge on any atom is -0.486 e. The molecule has 1 aliphatic heterocycles. The van der Waals surface area contributed by atoms with Crippen molar-refractivity contribution in [2.75, 3.05) is 13.2 Å². The molecule has 5 nitrogen and oxygen atoms in total. The summed E-state index contributed by atoms with van der Waals surface area (Å²) in [4.78, 5) is 9.17. The van der Waals surface area contributed by atoms with Crippen molar-refractivity contribution >= 4 is 10.9 Å². The van der Waals surface area contributed by atoms with Gasteiger partial charge in [0.1, 0.15) is 13.2 Å². The molecule has 2 aromatic carbocycles. The number of aromatic nitrogens is 2. The van der Waals surface area contributed by atoms with Gasteiger partial charge in [-0.3, -0.25) is 0 Å². The van der Waals surface area contributed by atoms with Crippen LogP contribution in [0.15, 0.2) is 42.5 Å². The third kappa shape index (κ3) is 2.73. The maximum Gasteiger partial charge on any atom is 0.317 e. The fourth-order valence-corrected chi connectivity index (χ4v) is 2.72. The molecule has 0 fully saturated rings. The van der Waals surface area contributed by atoms with Crippen LogP contribution in [0.4, 0.5) is 0 Å². The summed E-state index contributed by atoms with van der Waals surface area (Å²) in [6.07, 6.45) is 0.00304. The second-order valence-corrected chi connectivity index (χ2v) is 5.90. The van der Waals surface area contributed by atoms with E-state index in [1.54, 1.807) is 0 Å². The molecule has 0 atom stereocenters. The van der Waals surface area contributed by atoms with Gasteiger partial charge in [-0.05, 0) is 19.9 Å². The standard InChI is InChI=1S/C19H18N2O3/c1-12(2)24-19-20-15-11-17-16(22-8-9-23-17)10-14(15)18(21-19)13-6-4-3-5-7-13/h3-7,10-12H,8-9H2,1-2H3. The highest BCUT2D eigenvalue weighted by Gasteiger charge is 2.18. The summed E-state index contributed by atoms with van der Waals surface area (Å²) in [5, 5.41) is 0.918. The summed E-state index contributed by atoms with van der Waals surface area (Å²) >= 11 is 0. The number of ether oxygens (including phenoxy) is 3. The van der Waals surface area contributed by atoms with E-state index in [2.05, 4.69) is 9.97 Å². The van der Waals surface area contributed by atoms with Crippen molar-refractivity contribution in [1.29, 1.82) is 0 Å². The molecule has 24 heavy (non-hydrogen) atoms. The molecule has 0 spiro atoms. The smallest absolute Gasteiger partial charge is 0.317 e. The summed E-state index contributed by atoms with van der Waals surface area (Å²) in [6.45, 7) is 5.01. The Kier molecular flexibility index (Phi) is 3.69. The minimum atomic E-state index is 0.00304. The molecule has 0 saturated carbocycles. The molecule has 3 aromatic rings. The maximum absolute atomic E-state index is 5.73. The summed E-state index contributed by atoms with van der Waals surface area (Å²) < 4.78 is 17.1. The number of fused-ring (bicyclic) bond motifs is 2. The minimum absolute atomic E-state index is 0.00304. The lowest BCUT2D eigenvalue weighted by Gasteiger charge is -2.19. The van der Waals surface area contributed by atoms with Gasteiger partial charge < -0.3 is 14.2 Å². The van der Waals surface area contributed by atoms with Crippen LogP contribution in [0, 0.1) is 0 Å². The lowest BCUT2D eigenvalue weighted by Crippen LogP contribution is -2.15. The molecule has 0 radical (unpaired) electrons. The summed E-state index contributed by atoms with van der Waals surface area (Å²) in [5.41, 5.74) is 2.62. The summed E-state index contributed by atoms with van der Waals surface area (Å²) in [6, 6.07) is 14.2. The largest absolute Gasteiger partial charge is 0.486 e. The molecule has 5 heteroatoms. The van der Waals surface area contributed by atoms with Gasteiger partial charge in [0, 0.05) is 17.0 Å². The van der Waals surface area contributed by atoms with Crippen LogP contribution in [0.25, 0.3) is 22.2 Å². The van der Waals surface area contributed by atoms with Crippen molar-refractivity contribution in [3.05, 3.63) is 42.5 Å². The van der Waals surface area contributed by atoms with E-state index >= 15 is 0 Å². The lowest BCUT2D eigenvalue weighted by molar-refractivity contribution is 0.172. The third-order valence-electron chi connectivity index (χ3n) is 3.73. The Labute approximate surface area is 140 Å². The van der Waals surface area contributed by atoms with Gasteiger partial charge in [-0.1, -0.05) is 30.3 Å². The first-order chi connectivity index (χ1) is 11.7. The second kappa shape index (κ2) is 6.00. The average molecular weight is 322 g/mol. The lowest BCUT2D eigenvalue weighted by atomic mass is 10.1. The predicted molar refractivity (Wildman–Crippen MR) is 91.7 cm³/mol. The first kappa shape index (κ1) is 14.8. The van der Waals surface area contributed by atoms with Gasteiger partial charge in [0.2, 0.25) is 0 Å². The van der Waals surface area contributed by atoms with Crippen LogP contribution in [-0.4, -0.2) is 29.3 Å². The molecule has 0 amide bonds. The maximum atomic E-state index is 5.73. The van der Waals surface area contributed by atoms with Gasteiger partial charge in [-0.2, -0.15) is 9.97 Å². The van der Waals surface area contributed by atoms with E-state index < -0.39 is 0 Å². The zero-order valence-electron chi connectivity index (χ0n) is 13.7. The first-order valence-corrected chi connectivity index (χ1v) is 8.04. The topological polar surface area (TPSA) is 53.5 Å². The van der Waals surface area contributed by atoms with Crippen LogP contribution < -0.4 is 14.2 Å². The predicted octanol–water partition coefficient (Wildman–Crippen LogP) is 3.86. The van der Waals surface area contributed by atoms with Crippen LogP contribution in [0.3, 0.4) is 0 Å². The van der Waals surface area contributed by atoms with Crippen LogP contribution in [-0.2, 0) is 0 Å². The van der Waals surface area contributed by atoms with Crippen molar-refractivity contribution in [3.63, 3.8) is 0 Å². The zero-order chi connectivity index (χ0) is 16.5. The van der Waals surface area contributed by atoms with Crippen LogP contribution in [0.5, 0.6) is 17.5 Å². The molecular weight excluding hydrogens is 304 g/mol. The molecule has 0 unspecified atom stereocenters. The Morgan fingerprint density at radius 3 is 2.38 bits per heavy atom. The van der Waals surface area contributed by atoms with E-state index in [-0.39, 0.29) is 6.10 Å². The van der Waals surface area contributed by atoms with E-state index in [0.717, 1.165) is 27.9 Å². The average Bonchev–Trinajstić information content (AvgIpc) is 2.59. The van der Waals surface area contributed by atoms with Gasteiger partial charge in [0.25, 0.3) is 0 Å². The van der Waals surface area contributed by atoms with Gasteiger partial charge in [-0.25, -0.2) is 0 Å². The molecule has 2 heterocycles. The second-order valence-electron chi connectivity index (χ2n) is 5.90. The van der Waals surface area contributed by atoms with Crippen molar-refractivity contribution < 1.29 is 14.2 Å². The quantitative estimate of drug-likeness (QED) is 0.733. The normalized spacial score (nSPS) is 13.3. The fraction of sp³-hybridized carbons (Fsp3) is 0.263. The van der Waals surface area contributed by atoms with Gasteiger partial charge in [0.05, 0.1) is 17.3 Å². The van der Waals surface area contributed by atoms with Crippen molar-refractivity contribution in [2.24, 2.45) is 0 Å². The first-order valence-electron chi connectivity index (χ1n) is 8.04. The molecular formula is C19H18N2O3. The van der Waals surface area contributed by atoms with Crippen molar-refractivity contribution in [3.8, 4) is 28.8 Å². The Bertz CT molecular complexity index is 879. The van der Waals surface area contributed by atoms with Crippen molar-refractivity contribution in [2.45, 2.75) is 20.0 Å². The summed E-state index contributed by atoms with van der Waals surface area (Å²) in [5.74, 6) is 1.44. The van der Waals surface area contributed by atoms with Gasteiger partial charge in [0.15, 0.2) is 11.5 Å². The molecule has 0 N–H and O–H groups in total. The van der Waals surface area contributed by atoms with E-state index in [0.29, 0.717) is 25.0 Å². The molecule has 122 valence electrons. The molecule has 4 rings (SSSR count). The summed E-state index contributed by atoms with van der Waals surface area (Å²) in [7, 11) is 0. The monoisotopic (exact) mass is 322 g/mol. The van der Waals surface area contributed by atoms with Crippen LogP contribution in [0.1, 0.15) is 13.8 Å². The number of rotatable bonds is 3. The Balaban J connectivity index is 1.96.